The van der Waals surface area contributed by atoms with E-state index in [4.69, 9.17) is 11.6 Å². The summed E-state index contributed by atoms with van der Waals surface area (Å²) >= 11 is 6.75. The summed E-state index contributed by atoms with van der Waals surface area (Å²) in [5.74, 6) is 0.864. The van der Waals surface area contributed by atoms with E-state index in [1.807, 2.05) is 30.3 Å². The molecule has 1 unspecified atom stereocenters. The van der Waals surface area contributed by atoms with Gasteiger partial charge in [0.1, 0.15) is 11.8 Å². The third-order valence-corrected chi connectivity index (χ3v) is 7.87. The highest BCUT2D eigenvalue weighted by atomic mass is 35.5. The maximum atomic E-state index is 9.79. The number of hydrogen-bond acceptors (Lipinski definition) is 6. The fourth-order valence-electron chi connectivity index (χ4n) is 5.47. The fraction of sp³-hybridized carbons (Fsp3) is 0.379. The molecule has 2 N–H and O–H groups in total. The first kappa shape index (κ1) is 23.7. The summed E-state index contributed by atoms with van der Waals surface area (Å²) in [6.45, 7) is 7.16. The number of nitrogens with zero attached hydrogens (tertiary/aromatic N) is 5. The van der Waals surface area contributed by atoms with Crippen molar-refractivity contribution in [3.05, 3.63) is 76.7 Å². The van der Waals surface area contributed by atoms with Crippen LogP contribution in [0.15, 0.2) is 54.9 Å². The van der Waals surface area contributed by atoms with Crippen molar-refractivity contribution in [3.8, 4) is 6.07 Å². The van der Waals surface area contributed by atoms with Crippen molar-refractivity contribution in [1.29, 1.82) is 5.26 Å². The molecule has 0 aliphatic heterocycles. The minimum absolute atomic E-state index is 0.0343. The van der Waals surface area contributed by atoms with Gasteiger partial charge in [-0.25, -0.2) is 4.68 Å². The molecular formula is C29H30ClN7. The van der Waals surface area contributed by atoms with E-state index in [2.05, 4.69) is 75.8 Å². The van der Waals surface area contributed by atoms with Crippen LogP contribution in [-0.2, 0) is 5.54 Å². The number of hydrogen-bond donors (Lipinski definition) is 2. The van der Waals surface area contributed by atoms with Gasteiger partial charge in [0.05, 0.1) is 39.6 Å². The van der Waals surface area contributed by atoms with Crippen LogP contribution in [0.5, 0.6) is 0 Å². The number of anilines is 2. The first-order chi connectivity index (χ1) is 17.7. The molecule has 0 radical (unpaired) electrons. The number of halogens is 1. The van der Waals surface area contributed by atoms with E-state index in [0.29, 0.717) is 22.6 Å². The van der Waals surface area contributed by atoms with E-state index in [1.54, 1.807) is 6.20 Å². The van der Waals surface area contributed by atoms with Crippen LogP contribution in [0.25, 0.3) is 10.9 Å². The molecule has 0 spiro atoms. The van der Waals surface area contributed by atoms with Gasteiger partial charge in [-0.15, -0.1) is 5.10 Å². The molecule has 0 amide bonds. The van der Waals surface area contributed by atoms with Gasteiger partial charge in [-0.2, -0.15) is 5.26 Å². The maximum absolute atomic E-state index is 9.79. The zero-order chi connectivity index (χ0) is 25.8. The Morgan fingerprint density at radius 1 is 1.19 bits per heavy atom. The van der Waals surface area contributed by atoms with Gasteiger partial charge in [0.2, 0.25) is 0 Å². The highest BCUT2D eigenvalue weighted by Gasteiger charge is 2.58. The van der Waals surface area contributed by atoms with E-state index in [-0.39, 0.29) is 17.0 Å². The van der Waals surface area contributed by atoms with Gasteiger partial charge in [-0.05, 0) is 48.3 Å². The Labute approximate surface area is 221 Å². The highest BCUT2D eigenvalue weighted by molar-refractivity contribution is 6.35. The summed E-state index contributed by atoms with van der Waals surface area (Å²) < 4.78 is 2.07. The number of rotatable bonds is 7. The van der Waals surface area contributed by atoms with Crippen LogP contribution >= 0.6 is 11.6 Å². The Bertz CT molecular complexity index is 1500. The summed E-state index contributed by atoms with van der Waals surface area (Å²) in [6, 6.07) is 16.2. The van der Waals surface area contributed by atoms with Gasteiger partial charge < -0.3 is 10.6 Å². The monoisotopic (exact) mass is 511 g/mol. The summed E-state index contributed by atoms with van der Waals surface area (Å²) in [5, 5.41) is 27.4. The summed E-state index contributed by atoms with van der Waals surface area (Å²) in [5.41, 5.74) is 4.88. The van der Waals surface area contributed by atoms with E-state index < -0.39 is 0 Å². The quantitative estimate of drug-likeness (QED) is 0.293. The topological polar surface area (TPSA) is 91.5 Å². The smallest absolute Gasteiger partial charge is 0.109 e. The van der Waals surface area contributed by atoms with Crippen molar-refractivity contribution in [2.45, 2.75) is 51.6 Å². The Kier molecular flexibility index (Phi) is 5.61. The molecule has 2 heterocycles. The fourth-order valence-corrected chi connectivity index (χ4v) is 5.73. The minimum atomic E-state index is -0.214. The average Bonchev–Trinajstić information content (AvgIpc) is 3.28. The second-order valence-electron chi connectivity index (χ2n) is 11.7. The Morgan fingerprint density at radius 3 is 2.59 bits per heavy atom. The first-order valence-electron chi connectivity index (χ1n) is 12.8. The Morgan fingerprint density at radius 2 is 1.95 bits per heavy atom. The van der Waals surface area contributed by atoms with Crippen LogP contribution < -0.4 is 10.6 Å². The zero-order valence-electron chi connectivity index (χ0n) is 21.3. The van der Waals surface area contributed by atoms with Gasteiger partial charge in [0.25, 0.3) is 0 Å². The molecule has 7 rings (SSSR count). The molecule has 7 nitrogen and oxygen atoms in total. The molecule has 3 aliphatic carbocycles. The standard InChI is InChI=1S/C29H30ClN7/c1-28(2,3)17-33-25-20(14-31)15-32-27-22(25)9-21(10-23(27)30)34-26(19-7-5-4-6-8-19)24-16-37(36-35-24)29-11-18(12-29)13-29/h4-10,15-16,18,26,34H,11-13,17H2,1-3H3,(H,32,33). The predicted molar refractivity (Wildman–Crippen MR) is 147 cm³/mol. The minimum Gasteiger partial charge on any atom is -0.383 e. The lowest BCUT2D eigenvalue weighted by molar-refractivity contribution is -0.0989. The number of nitriles is 1. The molecule has 1 atom stereocenters. The van der Waals surface area contributed by atoms with Crippen molar-refractivity contribution in [3.63, 3.8) is 0 Å². The van der Waals surface area contributed by atoms with Gasteiger partial charge in [0.15, 0.2) is 0 Å². The SMILES string of the molecule is CC(C)(C)CNc1c(C#N)cnc2c(Cl)cc(NC(c3ccccc3)c3cn(C45CC(C4)C5)nn3)cc12. The van der Waals surface area contributed by atoms with E-state index >= 15 is 0 Å². The van der Waals surface area contributed by atoms with Crippen molar-refractivity contribution in [2.75, 3.05) is 17.2 Å². The number of nitrogens with one attached hydrogen (secondary N) is 2. The highest BCUT2D eigenvalue weighted by Crippen LogP contribution is 2.62. The lowest BCUT2D eigenvalue weighted by Gasteiger charge is -2.61. The van der Waals surface area contributed by atoms with Crippen LogP contribution in [0, 0.1) is 22.7 Å². The van der Waals surface area contributed by atoms with Crippen LogP contribution in [0.2, 0.25) is 5.02 Å². The molecular weight excluding hydrogens is 482 g/mol. The third kappa shape index (κ3) is 4.30. The molecule has 2 aromatic heterocycles. The van der Waals surface area contributed by atoms with Crippen molar-refractivity contribution in [2.24, 2.45) is 11.3 Å². The van der Waals surface area contributed by atoms with Crippen molar-refractivity contribution < 1.29 is 0 Å². The molecule has 3 aliphatic rings. The van der Waals surface area contributed by atoms with Gasteiger partial charge >= 0.3 is 0 Å². The molecule has 3 saturated carbocycles. The second-order valence-corrected chi connectivity index (χ2v) is 12.1. The maximum Gasteiger partial charge on any atom is 0.109 e. The first-order valence-corrected chi connectivity index (χ1v) is 13.1. The summed E-state index contributed by atoms with van der Waals surface area (Å²) in [4.78, 5) is 4.50. The summed E-state index contributed by atoms with van der Waals surface area (Å²) in [7, 11) is 0. The molecule has 37 heavy (non-hydrogen) atoms. The van der Waals surface area contributed by atoms with Gasteiger partial charge in [-0.3, -0.25) is 4.98 Å². The molecule has 4 aromatic rings. The molecule has 2 bridgehead atoms. The van der Waals surface area contributed by atoms with Crippen LogP contribution in [-0.4, -0.2) is 26.5 Å². The van der Waals surface area contributed by atoms with Crippen LogP contribution in [0.1, 0.15) is 62.9 Å². The van der Waals surface area contributed by atoms with E-state index in [1.165, 1.54) is 19.3 Å². The molecule has 2 aromatic carbocycles. The Hall–Kier alpha value is -3.63. The lowest BCUT2D eigenvalue weighted by atomic mass is 9.50. The number of benzene rings is 2. The molecule has 3 fully saturated rings. The second kappa shape index (κ2) is 8.74. The lowest BCUT2D eigenvalue weighted by Crippen LogP contribution is -2.59. The predicted octanol–water partition coefficient (Wildman–Crippen LogP) is 6.52. The third-order valence-electron chi connectivity index (χ3n) is 7.58. The van der Waals surface area contributed by atoms with E-state index in [0.717, 1.165) is 33.9 Å². The summed E-state index contributed by atoms with van der Waals surface area (Å²) in [6.07, 6.45) is 7.30. The normalized spacial score (nSPS) is 21.0. The van der Waals surface area contributed by atoms with Crippen LogP contribution in [0.4, 0.5) is 11.4 Å². The van der Waals surface area contributed by atoms with Crippen LogP contribution in [0.3, 0.4) is 0 Å². The Balaban J connectivity index is 1.40. The number of aromatic nitrogens is 4. The number of pyridine rings is 1. The largest absolute Gasteiger partial charge is 0.383 e. The average molecular weight is 512 g/mol. The van der Waals surface area contributed by atoms with Gasteiger partial charge in [0, 0.05) is 23.8 Å². The molecule has 188 valence electrons. The number of fused-ring (bicyclic) bond motifs is 1. The van der Waals surface area contributed by atoms with Crippen molar-refractivity contribution in [1.82, 2.24) is 20.0 Å². The van der Waals surface area contributed by atoms with Crippen molar-refractivity contribution >= 4 is 33.9 Å². The van der Waals surface area contributed by atoms with E-state index in [9.17, 15) is 5.26 Å². The molecule has 8 heteroatoms. The zero-order valence-corrected chi connectivity index (χ0v) is 22.0. The molecule has 0 saturated heterocycles. The van der Waals surface area contributed by atoms with Gasteiger partial charge in [-0.1, -0.05) is 67.9 Å².